The largest absolute Gasteiger partial charge is 0.478 e. The Morgan fingerprint density at radius 2 is 2.29 bits per heavy atom. The number of carbonyl (C=O) groups is 1. The first-order valence-electron chi connectivity index (χ1n) is 8.65. The molecule has 0 aliphatic carbocycles. The minimum absolute atomic E-state index is 0.128. The van der Waals surface area contributed by atoms with Crippen molar-refractivity contribution < 1.29 is 19.0 Å². The van der Waals surface area contributed by atoms with E-state index in [1.54, 1.807) is 13.3 Å². The number of methoxy groups -OCH3 is 1. The van der Waals surface area contributed by atoms with Crippen molar-refractivity contribution in [2.45, 2.75) is 31.3 Å². The number of aromatic nitrogens is 1. The number of likely N-dealkylation sites (tertiary alicyclic amines) is 1. The van der Waals surface area contributed by atoms with Crippen molar-refractivity contribution in [3.8, 4) is 5.88 Å². The SMILES string of the molecule is COCCC(=O)N1CC2(C[C@@H](CCOc3ccccn3)CCO2)C1. The second-order valence-corrected chi connectivity index (χ2v) is 6.69. The molecule has 3 heterocycles. The van der Waals surface area contributed by atoms with Gasteiger partial charge in [0.1, 0.15) is 5.60 Å². The number of pyridine rings is 1. The van der Waals surface area contributed by atoms with Crippen molar-refractivity contribution in [1.82, 2.24) is 9.88 Å². The van der Waals surface area contributed by atoms with Crippen molar-refractivity contribution in [1.29, 1.82) is 0 Å². The number of amides is 1. The summed E-state index contributed by atoms with van der Waals surface area (Å²) in [5, 5.41) is 0. The van der Waals surface area contributed by atoms with E-state index < -0.39 is 0 Å². The third-order valence-electron chi connectivity index (χ3n) is 4.84. The Morgan fingerprint density at radius 1 is 1.42 bits per heavy atom. The van der Waals surface area contributed by atoms with Crippen LogP contribution in [0.1, 0.15) is 25.7 Å². The lowest BCUT2D eigenvalue weighted by atomic mass is 9.79. The third kappa shape index (κ3) is 4.24. The van der Waals surface area contributed by atoms with Crippen LogP contribution in [0.15, 0.2) is 24.4 Å². The first kappa shape index (κ1) is 17.2. The van der Waals surface area contributed by atoms with Crippen LogP contribution in [0.25, 0.3) is 0 Å². The molecule has 0 radical (unpaired) electrons. The molecule has 1 atom stereocenters. The number of hydrogen-bond donors (Lipinski definition) is 0. The third-order valence-corrected chi connectivity index (χ3v) is 4.84. The van der Waals surface area contributed by atoms with Gasteiger partial charge in [-0.15, -0.1) is 0 Å². The van der Waals surface area contributed by atoms with Crippen LogP contribution in [0, 0.1) is 5.92 Å². The average Bonchev–Trinajstić information content (AvgIpc) is 2.58. The van der Waals surface area contributed by atoms with Crippen LogP contribution in [0.5, 0.6) is 5.88 Å². The summed E-state index contributed by atoms with van der Waals surface area (Å²) in [5.41, 5.74) is -0.128. The van der Waals surface area contributed by atoms with E-state index in [0.29, 0.717) is 44.5 Å². The molecule has 2 aliphatic rings. The molecule has 2 aliphatic heterocycles. The Balaban J connectivity index is 1.40. The molecule has 24 heavy (non-hydrogen) atoms. The Bertz CT molecular complexity index is 531. The normalized spacial score (nSPS) is 22.2. The molecule has 1 aromatic heterocycles. The summed E-state index contributed by atoms with van der Waals surface area (Å²) in [6.45, 7) is 3.36. The molecule has 0 unspecified atom stereocenters. The van der Waals surface area contributed by atoms with Crippen LogP contribution in [0.2, 0.25) is 0 Å². The van der Waals surface area contributed by atoms with Gasteiger partial charge in [0.25, 0.3) is 0 Å². The van der Waals surface area contributed by atoms with Gasteiger partial charge in [-0.3, -0.25) is 4.79 Å². The fourth-order valence-corrected chi connectivity index (χ4v) is 3.53. The van der Waals surface area contributed by atoms with Gasteiger partial charge < -0.3 is 19.1 Å². The number of hydrogen-bond acceptors (Lipinski definition) is 5. The quantitative estimate of drug-likeness (QED) is 0.762. The average molecular weight is 334 g/mol. The molecule has 3 rings (SSSR count). The fraction of sp³-hybridized carbons (Fsp3) is 0.667. The van der Waals surface area contributed by atoms with Crippen LogP contribution >= 0.6 is 0 Å². The van der Waals surface area contributed by atoms with Crippen LogP contribution in [0.3, 0.4) is 0 Å². The predicted molar refractivity (Wildman–Crippen MR) is 88.8 cm³/mol. The zero-order valence-corrected chi connectivity index (χ0v) is 14.3. The highest BCUT2D eigenvalue weighted by Gasteiger charge is 2.48. The highest BCUT2D eigenvalue weighted by Crippen LogP contribution is 2.38. The van der Waals surface area contributed by atoms with E-state index in [0.717, 1.165) is 25.9 Å². The summed E-state index contributed by atoms with van der Waals surface area (Å²) in [6.07, 6.45) is 5.26. The summed E-state index contributed by atoms with van der Waals surface area (Å²) in [4.78, 5) is 18.0. The van der Waals surface area contributed by atoms with Gasteiger partial charge in [-0.1, -0.05) is 6.07 Å². The van der Waals surface area contributed by atoms with Crippen LogP contribution < -0.4 is 4.74 Å². The molecule has 0 bridgehead atoms. The lowest BCUT2D eigenvalue weighted by Gasteiger charge is -2.53. The molecule has 0 saturated carbocycles. The molecule has 1 amide bonds. The summed E-state index contributed by atoms with van der Waals surface area (Å²) in [5.74, 6) is 1.42. The summed E-state index contributed by atoms with van der Waals surface area (Å²) < 4.78 is 16.7. The number of ether oxygens (including phenoxy) is 3. The Morgan fingerprint density at radius 3 is 3.04 bits per heavy atom. The summed E-state index contributed by atoms with van der Waals surface area (Å²) >= 11 is 0. The monoisotopic (exact) mass is 334 g/mol. The van der Waals surface area contributed by atoms with Gasteiger partial charge >= 0.3 is 0 Å². The molecule has 2 fully saturated rings. The number of nitrogens with zero attached hydrogens (tertiary/aromatic N) is 2. The molecule has 6 heteroatoms. The highest BCUT2D eigenvalue weighted by molar-refractivity contribution is 5.77. The zero-order valence-electron chi connectivity index (χ0n) is 14.3. The molecular weight excluding hydrogens is 308 g/mol. The molecule has 6 nitrogen and oxygen atoms in total. The summed E-state index contributed by atoms with van der Waals surface area (Å²) in [7, 11) is 1.62. The Labute approximate surface area is 143 Å². The topological polar surface area (TPSA) is 60.9 Å². The maximum absolute atomic E-state index is 12.0. The maximum atomic E-state index is 12.0. The van der Waals surface area contributed by atoms with Crippen molar-refractivity contribution in [3.63, 3.8) is 0 Å². The zero-order chi connectivity index (χ0) is 16.8. The van der Waals surface area contributed by atoms with Crippen molar-refractivity contribution in [2.75, 3.05) is 40.0 Å². The molecule has 132 valence electrons. The maximum Gasteiger partial charge on any atom is 0.225 e. The second-order valence-electron chi connectivity index (χ2n) is 6.69. The van der Waals surface area contributed by atoms with Crippen LogP contribution in [0.4, 0.5) is 0 Å². The second kappa shape index (κ2) is 7.94. The van der Waals surface area contributed by atoms with Gasteiger partial charge in [0.15, 0.2) is 0 Å². The van der Waals surface area contributed by atoms with Crippen molar-refractivity contribution in [3.05, 3.63) is 24.4 Å². The van der Waals surface area contributed by atoms with Gasteiger partial charge in [0, 0.05) is 26.0 Å². The molecule has 1 aromatic rings. The first-order chi connectivity index (χ1) is 11.7. The lowest BCUT2D eigenvalue weighted by molar-refractivity contribution is -0.189. The Hall–Kier alpha value is -1.66. The van der Waals surface area contributed by atoms with Crippen LogP contribution in [-0.2, 0) is 14.3 Å². The standard InChI is InChI=1S/C18H26N2O4/c1-22-9-7-17(21)20-13-18(14-20)12-15(6-11-24-18)5-10-23-16-4-2-3-8-19-16/h2-4,8,15H,5-7,9-14H2,1H3/t15-/m0/s1. The van der Waals surface area contributed by atoms with E-state index in [2.05, 4.69) is 4.98 Å². The Kier molecular flexibility index (Phi) is 5.68. The number of carbonyl (C=O) groups excluding carboxylic acids is 1. The lowest BCUT2D eigenvalue weighted by Crippen LogP contribution is -2.66. The van der Waals surface area contributed by atoms with Gasteiger partial charge in [-0.2, -0.15) is 0 Å². The van der Waals surface area contributed by atoms with Gasteiger partial charge in [0.05, 0.1) is 32.7 Å². The molecule has 1 spiro atoms. The van der Waals surface area contributed by atoms with E-state index in [9.17, 15) is 4.79 Å². The van der Waals surface area contributed by atoms with Crippen LogP contribution in [-0.4, -0.2) is 61.4 Å². The van der Waals surface area contributed by atoms with Crippen molar-refractivity contribution in [2.24, 2.45) is 5.92 Å². The number of rotatable bonds is 7. The summed E-state index contributed by atoms with van der Waals surface area (Å²) in [6, 6.07) is 5.68. The smallest absolute Gasteiger partial charge is 0.225 e. The van der Waals surface area contributed by atoms with Gasteiger partial charge in [0.2, 0.25) is 11.8 Å². The van der Waals surface area contributed by atoms with Gasteiger partial charge in [-0.05, 0) is 31.2 Å². The molecule has 0 aromatic carbocycles. The molecular formula is C18H26N2O4. The van der Waals surface area contributed by atoms with E-state index in [1.165, 1.54) is 0 Å². The minimum Gasteiger partial charge on any atom is -0.478 e. The predicted octanol–water partition coefficient (Wildman–Crippen LogP) is 1.89. The minimum atomic E-state index is -0.128. The molecule has 2 saturated heterocycles. The first-order valence-corrected chi connectivity index (χ1v) is 8.65. The molecule has 0 N–H and O–H groups in total. The van der Waals surface area contributed by atoms with E-state index >= 15 is 0 Å². The van der Waals surface area contributed by atoms with E-state index in [-0.39, 0.29) is 11.5 Å². The van der Waals surface area contributed by atoms with Crippen molar-refractivity contribution >= 4 is 5.91 Å². The fourth-order valence-electron chi connectivity index (χ4n) is 3.53. The van der Waals surface area contributed by atoms with E-state index in [1.807, 2.05) is 23.1 Å². The van der Waals surface area contributed by atoms with E-state index in [4.69, 9.17) is 14.2 Å². The van der Waals surface area contributed by atoms with Gasteiger partial charge in [-0.25, -0.2) is 4.98 Å². The highest BCUT2D eigenvalue weighted by atomic mass is 16.5.